The second-order valence-corrected chi connectivity index (χ2v) is 14.3. The van der Waals surface area contributed by atoms with Crippen molar-refractivity contribution < 1.29 is 9.59 Å². The zero-order chi connectivity index (χ0) is 34.1. The van der Waals surface area contributed by atoms with E-state index in [0.29, 0.717) is 41.1 Å². The fourth-order valence-electron chi connectivity index (χ4n) is 6.76. The molecule has 12 heteroatoms. The minimum atomic E-state index is -0.807. The first-order valence-corrected chi connectivity index (χ1v) is 17.6. The summed E-state index contributed by atoms with van der Waals surface area (Å²) >= 11 is 16.2. The lowest BCUT2D eigenvalue weighted by Gasteiger charge is -2.43. The summed E-state index contributed by atoms with van der Waals surface area (Å²) in [6.45, 7) is 3.71. The SMILES string of the molecule is Cc1cn(Cc2cccc(NC(=O)C3CN(C4c5ccc(Cl)cc5CCc5cc(Br)cnc54)CCN3C(=O)Nc3ccc(Cl)cc3)c2)cn1. The van der Waals surface area contributed by atoms with Gasteiger partial charge in [-0.3, -0.25) is 14.7 Å². The third-order valence-corrected chi connectivity index (χ3v) is 9.97. The van der Waals surface area contributed by atoms with Crippen LogP contribution in [0.3, 0.4) is 0 Å². The molecule has 2 unspecified atom stereocenters. The van der Waals surface area contributed by atoms with Crippen LogP contribution in [0.2, 0.25) is 10.0 Å². The van der Waals surface area contributed by atoms with E-state index >= 15 is 0 Å². The Morgan fingerprint density at radius 2 is 1.69 bits per heavy atom. The number of pyridine rings is 1. The van der Waals surface area contributed by atoms with Crippen LogP contribution in [-0.4, -0.2) is 61.9 Å². The number of nitrogens with one attached hydrogen (secondary N) is 2. The molecule has 1 fully saturated rings. The van der Waals surface area contributed by atoms with Crippen LogP contribution in [0.5, 0.6) is 0 Å². The molecule has 3 amide bonds. The van der Waals surface area contributed by atoms with Crippen LogP contribution >= 0.6 is 39.1 Å². The van der Waals surface area contributed by atoms with E-state index in [0.717, 1.165) is 51.0 Å². The molecular formula is C37H34BrCl2N7O2. The first kappa shape index (κ1) is 33.3. The van der Waals surface area contributed by atoms with E-state index < -0.39 is 6.04 Å². The molecule has 1 saturated heterocycles. The van der Waals surface area contributed by atoms with E-state index in [-0.39, 0.29) is 24.5 Å². The van der Waals surface area contributed by atoms with Crippen LogP contribution in [-0.2, 0) is 24.2 Å². The largest absolute Gasteiger partial charge is 0.333 e. The van der Waals surface area contributed by atoms with Gasteiger partial charge in [-0.25, -0.2) is 9.78 Å². The molecule has 2 aliphatic rings. The van der Waals surface area contributed by atoms with Gasteiger partial charge in [0.25, 0.3) is 0 Å². The van der Waals surface area contributed by atoms with Gasteiger partial charge in [0.1, 0.15) is 6.04 Å². The summed E-state index contributed by atoms with van der Waals surface area (Å²) in [5, 5.41) is 7.34. The van der Waals surface area contributed by atoms with E-state index in [2.05, 4.69) is 48.6 Å². The monoisotopic (exact) mass is 757 g/mol. The number of piperazine rings is 1. The topological polar surface area (TPSA) is 95.4 Å². The lowest BCUT2D eigenvalue weighted by Crippen LogP contribution is -2.61. The molecule has 0 radical (unpaired) electrons. The van der Waals surface area contributed by atoms with Crippen LogP contribution in [0.1, 0.15) is 39.7 Å². The van der Waals surface area contributed by atoms with Gasteiger partial charge in [0.15, 0.2) is 0 Å². The minimum absolute atomic E-state index is 0.225. The van der Waals surface area contributed by atoms with E-state index in [4.69, 9.17) is 28.2 Å². The van der Waals surface area contributed by atoms with E-state index in [9.17, 15) is 9.59 Å². The van der Waals surface area contributed by atoms with E-state index in [1.807, 2.05) is 60.3 Å². The number of rotatable bonds is 6. The Morgan fingerprint density at radius 3 is 2.49 bits per heavy atom. The molecule has 5 aromatic rings. The molecule has 1 aliphatic heterocycles. The fourth-order valence-corrected chi connectivity index (χ4v) is 7.46. The number of benzene rings is 3. The molecule has 1 aliphatic carbocycles. The van der Waals surface area contributed by atoms with Crippen molar-refractivity contribution in [3.05, 3.63) is 140 Å². The molecule has 250 valence electrons. The quantitative estimate of drug-likeness (QED) is 0.185. The number of carbonyl (C=O) groups excluding carboxylic acids is 2. The summed E-state index contributed by atoms with van der Waals surface area (Å²) in [6, 6.07) is 21.4. The van der Waals surface area contributed by atoms with Crippen LogP contribution < -0.4 is 10.6 Å². The Kier molecular flexibility index (Phi) is 9.73. The predicted molar refractivity (Wildman–Crippen MR) is 196 cm³/mol. The zero-order valence-corrected chi connectivity index (χ0v) is 29.8. The number of hydrogen-bond donors (Lipinski definition) is 2. The van der Waals surface area contributed by atoms with Crippen molar-refractivity contribution in [3.63, 3.8) is 0 Å². The minimum Gasteiger partial charge on any atom is -0.333 e. The first-order chi connectivity index (χ1) is 23.7. The molecule has 0 saturated carbocycles. The number of amides is 3. The van der Waals surface area contributed by atoms with Gasteiger partial charge in [-0.15, -0.1) is 0 Å². The summed E-state index contributed by atoms with van der Waals surface area (Å²) < 4.78 is 2.92. The number of nitrogens with zero attached hydrogens (tertiary/aromatic N) is 5. The van der Waals surface area contributed by atoms with Gasteiger partial charge in [-0.05, 0) is 113 Å². The number of anilines is 2. The van der Waals surface area contributed by atoms with Crippen molar-refractivity contribution in [1.29, 1.82) is 0 Å². The number of hydrogen-bond acceptors (Lipinski definition) is 5. The van der Waals surface area contributed by atoms with Crippen LogP contribution in [0.15, 0.2) is 96.0 Å². The molecule has 3 aromatic carbocycles. The maximum Gasteiger partial charge on any atom is 0.322 e. The first-order valence-electron chi connectivity index (χ1n) is 16.1. The highest BCUT2D eigenvalue weighted by Gasteiger charge is 2.40. The Labute approximate surface area is 303 Å². The zero-order valence-electron chi connectivity index (χ0n) is 26.7. The maximum absolute atomic E-state index is 14.3. The number of carbonyl (C=O) groups is 2. The summed E-state index contributed by atoms with van der Waals surface area (Å²) in [5.41, 5.74) is 7.55. The van der Waals surface area contributed by atoms with Crippen molar-refractivity contribution in [2.45, 2.75) is 38.4 Å². The molecule has 49 heavy (non-hydrogen) atoms. The smallest absolute Gasteiger partial charge is 0.322 e. The number of aromatic nitrogens is 3. The van der Waals surface area contributed by atoms with Crippen molar-refractivity contribution in [2.24, 2.45) is 0 Å². The summed E-state index contributed by atoms with van der Waals surface area (Å²) in [7, 11) is 0. The molecule has 2 aromatic heterocycles. The van der Waals surface area contributed by atoms with Gasteiger partial charge in [0.2, 0.25) is 5.91 Å². The number of aryl methyl sites for hydroxylation is 3. The average molecular weight is 760 g/mol. The molecule has 2 atom stereocenters. The van der Waals surface area contributed by atoms with Gasteiger partial charge in [0, 0.05) is 64.5 Å². The van der Waals surface area contributed by atoms with E-state index in [1.165, 1.54) is 0 Å². The third kappa shape index (κ3) is 7.52. The Bertz CT molecular complexity index is 1970. The highest BCUT2D eigenvalue weighted by molar-refractivity contribution is 9.10. The van der Waals surface area contributed by atoms with Crippen molar-refractivity contribution in [1.82, 2.24) is 24.3 Å². The van der Waals surface area contributed by atoms with Gasteiger partial charge in [0.05, 0.1) is 23.8 Å². The van der Waals surface area contributed by atoms with Crippen LogP contribution in [0.4, 0.5) is 16.2 Å². The van der Waals surface area contributed by atoms with Gasteiger partial charge >= 0.3 is 6.03 Å². The lowest BCUT2D eigenvalue weighted by molar-refractivity contribution is -0.122. The molecule has 0 bridgehead atoms. The van der Waals surface area contributed by atoms with Gasteiger partial charge in [-0.2, -0.15) is 0 Å². The summed E-state index contributed by atoms with van der Waals surface area (Å²) in [6.07, 6.45) is 7.22. The van der Waals surface area contributed by atoms with Crippen molar-refractivity contribution in [3.8, 4) is 0 Å². The molecular weight excluding hydrogens is 725 g/mol. The normalized spacial score (nSPS) is 17.5. The van der Waals surface area contributed by atoms with Gasteiger partial charge < -0.3 is 20.1 Å². The second-order valence-electron chi connectivity index (χ2n) is 12.5. The number of urea groups is 1. The van der Waals surface area contributed by atoms with Crippen molar-refractivity contribution >= 4 is 62.4 Å². The maximum atomic E-state index is 14.3. The number of fused-ring (bicyclic) bond motifs is 2. The summed E-state index contributed by atoms with van der Waals surface area (Å²) in [4.78, 5) is 41.3. The number of imidazole rings is 1. The van der Waals surface area contributed by atoms with Crippen LogP contribution in [0.25, 0.3) is 0 Å². The van der Waals surface area contributed by atoms with E-state index in [1.54, 1.807) is 35.5 Å². The molecule has 7 rings (SSSR count). The Hall–Kier alpha value is -4.22. The fraction of sp³-hybridized carbons (Fsp3) is 0.243. The molecule has 2 N–H and O–H groups in total. The average Bonchev–Trinajstić information content (AvgIpc) is 3.42. The third-order valence-electron chi connectivity index (χ3n) is 9.05. The van der Waals surface area contributed by atoms with Gasteiger partial charge in [-0.1, -0.05) is 41.4 Å². The molecule has 9 nitrogen and oxygen atoms in total. The standard InChI is InChI=1S/C37H34BrCl2N7O2/c1-23-19-45(22-42-23)20-24-3-2-4-31(15-24)43-36(48)33-21-46(13-14-47(33)37(49)44-30-10-7-28(39)8-11-30)35-32-12-9-29(40)17-25(32)5-6-26-16-27(38)18-41-34(26)35/h2-4,7-12,15-19,22,33,35H,5-6,13-14,20-21H2,1H3,(H,43,48)(H,44,49). The Balaban J connectivity index is 1.20. The lowest BCUT2D eigenvalue weighted by atomic mass is 9.95. The summed E-state index contributed by atoms with van der Waals surface area (Å²) in [5.74, 6) is -0.277. The number of halogens is 3. The predicted octanol–water partition coefficient (Wildman–Crippen LogP) is 7.75. The molecule has 3 heterocycles. The highest BCUT2D eigenvalue weighted by Crippen LogP contribution is 2.38. The van der Waals surface area contributed by atoms with Crippen LogP contribution in [0, 0.1) is 6.92 Å². The second kappa shape index (κ2) is 14.3. The highest BCUT2D eigenvalue weighted by atomic mass is 79.9. The molecule has 0 spiro atoms. The Morgan fingerprint density at radius 1 is 0.898 bits per heavy atom. The van der Waals surface area contributed by atoms with Crippen molar-refractivity contribution in [2.75, 3.05) is 30.3 Å².